The lowest BCUT2D eigenvalue weighted by Gasteiger charge is -2.33. The fourth-order valence-electron chi connectivity index (χ4n) is 4.34. The maximum absolute atomic E-state index is 13.7. The number of carbonyl (C=O) groups is 2. The smallest absolute Gasteiger partial charge is 0.244 e. The molecule has 10 heteroatoms. The number of anilines is 1. The largest absolute Gasteiger partial charge is 0.352 e. The second kappa shape index (κ2) is 12.1. The van der Waals surface area contributed by atoms with Crippen LogP contribution in [0.1, 0.15) is 44.6 Å². The fraction of sp³-hybridized carbons (Fsp3) is 0.440. The normalized spacial score (nSPS) is 15.0. The van der Waals surface area contributed by atoms with Gasteiger partial charge in [0.1, 0.15) is 12.6 Å². The number of halogens is 2. The van der Waals surface area contributed by atoms with Crippen molar-refractivity contribution in [2.24, 2.45) is 0 Å². The highest BCUT2D eigenvalue weighted by Gasteiger charge is 2.33. The third-order valence-electron chi connectivity index (χ3n) is 6.16. The molecule has 0 aromatic heterocycles. The molecule has 0 spiro atoms. The molecule has 1 saturated carbocycles. The van der Waals surface area contributed by atoms with Crippen LogP contribution in [0.4, 0.5) is 5.69 Å². The van der Waals surface area contributed by atoms with Gasteiger partial charge in [-0.3, -0.25) is 13.9 Å². The van der Waals surface area contributed by atoms with Crippen molar-refractivity contribution < 1.29 is 18.0 Å². The SMILES string of the molecule is CC[C@@H](C(=O)NC1CCCC1)N(Cc1ccccc1Cl)C(=O)CN(c1cccc(Cl)c1)S(C)(=O)=O. The summed E-state index contributed by atoms with van der Waals surface area (Å²) >= 11 is 12.4. The topological polar surface area (TPSA) is 86.8 Å². The third kappa shape index (κ3) is 7.35. The number of benzene rings is 2. The molecule has 2 aromatic carbocycles. The standard InChI is InChI=1S/C25H31Cl2N3O4S/c1-3-23(25(32)28-20-11-5-6-12-20)29(16-18-9-4-7-14-22(18)27)24(31)17-30(35(2,33)34)21-13-8-10-19(26)15-21/h4,7-10,13-15,20,23H,3,5-6,11-12,16-17H2,1-2H3,(H,28,32)/t23-/m0/s1. The van der Waals surface area contributed by atoms with E-state index in [0.29, 0.717) is 22.0 Å². The van der Waals surface area contributed by atoms with Crippen molar-refractivity contribution >= 4 is 50.7 Å². The monoisotopic (exact) mass is 539 g/mol. The van der Waals surface area contributed by atoms with Crippen molar-refractivity contribution in [1.82, 2.24) is 10.2 Å². The van der Waals surface area contributed by atoms with Gasteiger partial charge in [0.15, 0.2) is 0 Å². The van der Waals surface area contributed by atoms with Gasteiger partial charge in [-0.2, -0.15) is 0 Å². The molecule has 0 heterocycles. The van der Waals surface area contributed by atoms with Crippen molar-refractivity contribution in [3.63, 3.8) is 0 Å². The number of sulfonamides is 1. The highest BCUT2D eigenvalue weighted by Crippen LogP contribution is 2.25. The average molecular weight is 541 g/mol. The molecule has 190 valence electrons. The predicted molar refractivity (Wildman–Crippen MR) is 140 cm³/mol. The second-order valence-corrected chi connectivity index (χ2v) is 11.5. The summed E-state index contributed by atoms with van der Waals surface area (Å²) in [6.45, 7) is 1.43. The van der Waals surface area contributed by atoms with Gasteiger partial charge in [0.05, 0.1) is 11.9 Å². The van der Waals surface area contributed by atoms with E-state index in [1.807, 2.05) is 6.92 Å². The van der Waals surface area contributed by atoms with Crippen LogP contribution in [-0.4, -0.2) is 50.0 Å². The molecule has 0 saturated heterocycles. The Bertz CT molecular complexity index is 1150. The number of rotatable bonds is 10. The molecular weight excluding hydrogens is 509 g/mol. The van der Waals surface area contributed by atoms with Crippen LogP contribution in [-0.2, 0) is 26.2 Å². The minimum absolute atomic E-state index is 0.0717. The zero-order chi connectivity index (χ0) is 25.6. The molecular formula is C25H31Cl2N3O4S. The van der Waals surface area contributed by atoms with Crippen LogP contribution in [0.3, 0.4) is 0 Å². The van der Waals surface area contributed by atoms with Crippen LogP contribution in [0.25, 0.3) is 0 Å². The molecule has 1 atom stereocenters. The number of carbonyl (C=O) groups excluding carboxylic acids is 2. The quantitative estimate of drug-likeness (QED) is 0.476. The Morgan fingerprint density at radius 3 is 2.37 bits per heavy atom. The number of amides is 2. The number of hydrogen-bond donors (Lipinski definition) is 1. The molecule has 0 radical (unpaired) electrons. The summed E-state index contributed by atoms with van der Waals surface area (Å²) in [6.07, 6.45) is 5.35. The van der Waals surface area contributed by atoms with Gasteiger partial charge in [-0.1, -0.05) is 67.2 Å². The van der Waals surface area contributed by atoms with Crippen molar-refractivity contribution in [3.05, 3.63) is 64.1 Å². The molecule has 0 bridgehead atoms. The molecule has 3 rings (SSSR count). The van der Waals surface area contributed by atoms with Gasteiger partial charge >= 0.3 is 0 Å². The summed E-state index contributed by atoms with van der Waals surface area (Å²) in [7, 11) is -3.82. The summed E-state index contributed by atoms with van der Waals surface area (Å²) in [6, 6.07) is 12.7. The Balaban J connectivity index is 1.93. The number of nitrogens with one attached hydrogen (secondary N) is 1. The van der Waals surface area contributed by atoms with Gasteiger partial charge in [-0.25, -0.2) is 8.42 Å². The van der Waals surface area contributed by atoms with Crippen molar-refractivity contribution in [2.45, 2.75) is 57.7 Å². The third-order valence-corrected chi connectivity index (χ3v) is 7.91. The van der Waals surface area contributed by atoms with E-state index < -0.39 is 28.5 Å². The van der Waals surface area contributed by atoms with Gasteiger partial charge < -0.3 is 10.2 Å². The van der Waals surface area contributed by atoms with Crippen molar-refractivity contribution in [2.75, 3.05) is 17.1 Å². The first-order valence-corrected chi connectivity index (χ1v) is 14.3. The molecule has 2 amide bonds. The maximum atomic E-state index is 13.7. The Hall–Kier alpha value is -2.29. The van der Waals surface area contributed by atoms with Gasteiger partial charge in [-0.15, -0.1) is 0 Å². The van der Waals surface area contributed by atoms with E-state index in [9.17, 15) is 18.0 Å². The van der Waals surface area contributed by atoms with Gasteiger partial charge in [0.2, 0.25) is 21.8 Å². The zero-order valence-corrected chi connectivity index (χ0v) is 22.2. The second-order valence-electron chi connectivity index (χ2n) is 8.78. The molecule has 1 aliphatic carbocycles. The summed E-state index contributed by atoms with van der Waals surface area (Å²) in [5.41, 5.74) is 0.942. The van der Waals surface area contributed by atoms with Crippen molar-refractivity contribution in [1.29, 1.82) is 0 Å². The summed E-state index contributed by atoms with van der Waals surface area (Å²) in [5, 5.41) is 3.88. The Labute approximate surface area is 217 Å². The van der Waals surface area contributed by atoms with Crippen LogP contribution in [0.15, 0.2) is 48.5 Å². The van der Waals surface area contributed by atoms with E-state index in [2.05, 4.69) is 5.32 Å². The molecule has 7 nitrogen and oxygen atoms in total. The first-order valence-electron chi connectivity index (χ1n) is 11.7. The number of hydrogen-bond acceptors (Lipinski definition) is 4. The van der Waals surface area contributed by atoms with Gasteiger partial charge in [0.25, 0.3) is 0 Å². The lowest BCUT2D eigenvalue weighted by molar-refractivity contribution is -0.140. The lowest BCUT2D eigenvalue weighted by atomic mass is 10.1. The van der Waals surface area contributed by atoms with E-state index in [1.165, 1.54) is 11.0 Å². The van der Waals surface area contributed by atoms with Crippen molar-refractivity contribution in [3.8, 4) is 0 Å². The summed E-state index contributed by atoms with van der Waals surface area (Å²) in [4.78, 5) is 28.4. The first-order chi connectivity index (χ1) is 16.6. The van der Waals surface area contributed by atoms with E-state index in [1.54, 1.807) is 42.5 Å². The molecule has 35 heavy (non-hydrogen) atoms. The molecule has 0 aliphatic heterocycles. The molecule has 1 N–H and O–H groups in total. The van der Waals surface area contributed by atoms with E-state index >= 15 is 0 Å². The molecule has 1 aliphatic rings. The summed E-state index contributed by atoms with van der Waals surface area (Å²) in [5.74, 6) is -0.753. The molecule has 0 unspecified atom stereocenters. The van der Waals surface area contributed by atoms with E-state index in [0.717, 1.165) is 36.2 Å². The Morgan fingerprint density at radius 2 is 1.77 bits per heavy atom. The van der Waals surface area contributed by atoms with Crippen LogP contribution in [0.2, 0.25) is 10.0 Å². The fourth-order valence-corrected chi connectivity index (χ4v) is 5.56. The van der Waals surface area contributed by atoms with E-state index in [-0.39, 0.29) is 24.2 Å². The Kier molecular flexibility index (Phi) is 9.44. The maximum Gasteiger partial charge on any atom is 0.244 e. The number of nitrogens with zero attached hydrogens (tertiary/aromatic N) is 2. The average Bonchev–Trinajstić information content (AvgIpc) is 3.30. The van der Waals surface area contributed by atoms with Crippen LogP contribution < -0.4 is 9.62 Å². The van der Waals surface area contributed by atoms with Gasteiger partial charge in [0, 0.05) is 22.6 Å². The zero-order valence-electron chi connectivity index (χ0n) is 19.9. The lowest BCUT2D eigenvalue weighted by Crippen LogP contribution is -2.53. The van der Waals surface area contributed by atoms with Gasteiger partial charge in [-0.05, 0) is 49.1 Å². The van der Waals surface area contributed by atoms with Crippen LogP contribution in [0.5, 0.6) is 0 Å². The molecule has 1 fully saturated rings. The minimum atomic E-state index is -3.82. The van der Waals surface area contributed by atoms with Crippen LogP contribution >= 0.6 is 23.2 Å². The molecule has 2 aromatic rings. The first kappa shape index (κ1) is 27.3. The Morgan fingerprint density at radius 1 is 1.09 bits per heavy atom. The minimum Gasteiger partial charge on any atom is -0.352 e. The highest BCUT2D eigenvalue weighted by molar-refractivity contribution is 7.92. The predicted octanol–water partition coefficient (Wildman–Crippen LogP) is 4.63. The van der Waals surface area contributed by atoms with Crippen LogP contribution in [0, 0.1) is 0 Å². The van der Waals surface area contributed by atoms with E-state index in [4.69, 9.17) is 23.2 Å². The highest BCUT2D eigenvalue weighted by atomic mass is 35.5. The summed E-state index contributed by atoms with van der Waals surface area (Å²) < 4.78 is 26.3.